The number of halogens is 2. The monoisotopic (exact) mass is 299 g/mol. The topological polar surface area (TPSA) is 20.3 Å². The molecule has 1 heterocycles. The van der Waals surface area contributed by atoms with Crippen molar-refractivity contribution in [3.8, 4) is 0 Å². The maximum Gasteiger partial charge on any atom is 0.263 e. The maximum atomic E-state index is 12.1. The van der Waals surface area contributed by atoms with Crippen LogP contribution in [0.1, 0.15) is 15.2 Å². The summed E-state index contributed by atoms with van der Waals surface area (Å²) in [5.41, 5.74) is 0.917. The van der Waals surface area contributed by atoms with Crippen LogP contribution in [0.25, 0.3) is 0 Å². The van der Waals surface area contributed by atoms with Crippen LogP contribution in [0.3, 0.4) is 0 Å². The van der Waals surface area contributed by atoms with E-state index >= 15 is 0 Å². The van der Waals surface area contributed by atoms with Gasteiger partial charge in [-0.05, 0) is 35.2 Å². The molecule has 2 aromatic rings. The second-order valence-corrected chi connectivity index (χ2v) is 5.74. The van der Waals surface area contributed by atoms with Crippen molar-refractivity contribution in [3.05, 3.63) is 56.2 Å². The molecule has 2 nitrogen and oxygen atoms in total. The number of benzene rings is 1. The van der Waals surface area contributed by atoms with Crippen molar-refractivity contribution in [2.45, 2.75) is 6.54 Å². The lowest BCUT2D eigenvalue weighted by atomic mass is 10.2. The summed E-state index contributed by atoms with van der Waals surface area (Å²) in [5.74, 6) is 0.00102. The molecule has 0 fully saturated rings. The lowest BCUT2D eigenvalue weighted by Crippen LogP contribution is -2.25. The molecule has 0 aliphatic rings. The summed E-state index contributed by atoms with van der Waals surface area (Å²) in [4.78, 5) is 14.4. The Hall–Kier alpha value is -1.03. The first-order chi connectivity index (χ1) is 8.56. The Morgan fingerprint density at radius 2 is 1.94 bits per heavy atom. The third-order valence-corrected chi connectivity index (χ3v) is 3.72. The standard InChI is InChI=1S/C13H11Cl2NOS/c1-16(13(17)12-3-2-4-18-12)8-9-5-10(14)7-11(15)6-9/h2-7H,8H2,1H3. The summed E-state index contributed by atoms with van der Waals surface area (Å²) in [6.45, 7) is 0.483. The minimum Gasteiger partial charge on any atom is -0.337 e. The summed E-state index contributed by atoms with van der Waals surface area (Å²) in [5, 5.41) is 3.04. The third kappa shape index (κ3) is 3.25. The van der Waals surface area contributed by atoms with E-state index in [0.29, 0.717) is 16.6 Å². The molecule has 0 spiro atoms. The highest BCUT2D eigenvalue weighted by Gasteiger charge is 2.13. The van der Waals surface area contributed by atoms with E-state index in [-0.39, 0.29) is 5.91 Å². The fourth-order valence-corrected chi connectivity index (χ4v) is 2.93. The first kappa shape index (κ1) is 13.4. The largest absolute Gasteiger partial charge is 0.337 e. The Balaban J connectivity index is 2.11. The predicted octanol–water partition coefficient (Wildman–Crippen LogP) is 4.33. The molecule has 0 unspecified atom stereocenters. The van der Waals surface area contributed by atoms with E-state index in [1.807, 2.05) is 29.6 Å². The molecular weight excluding hydrogens is 289 g/mol. The van der Waals surface area contributed by atoms with Crippen LogP contribution in [0.15, 0.2) is 35.7 Å². The summed E-state index contributed by atoms with van der Waals surface area (Å²) in [6, 6.07) is 8.97. The lowest BCUT2D eigenvalue weighted by Gasteiger charge is -2.16. The number of carbonyl (C=O) groups is 1. The Morgan fingerprint density at radius 3 is 2.50 bits per heavy atom. The normalized spacial score (nSPS) is 10.4. The second kappa shape index (κ2) is 5.74. The third-order valence-electron chi connectivity index (χ3n) is 2.42. The molecule has 1 aromatic carbocycles. The average molecular weight is 300 g/mol. The number of carbonyl (C=O) groups excluding carboxylic acids is 1. The Bertz CT molecular complexity index is 534. The fraction of sp³-hybridized carbons (Fsp3) is 0.154. The number of rotatable bonds is 3. The second-order valence-electron chi connectivity index (χ2n) is 3.92. The van der Waals surface area contributed by atoms with Crippen LogP contribution in [0.2, 0.25) is 10.0 Å². The molecule has 1 aromatic heterocycles. The van der Waals surface area contributed by atoms with E-state index in [1.165, 1.54) is 11.3 Å². The van der Waals surface area contributed by atoms with E-state index < -0.39 is 0 Å². The number of thiophene rings is 1. The lowest BCUT2D eigenvalue weighted by molar-refractivity contribution is 0.0790. The zero-order chi connectivity index (χ0) is 13.1. The van der Waals surface area contributed by atoms with E-state index in [4.69, 9.17) is 23.2 Å². The van der Waals surface area contributed by atoms with Crippen molar-refractivity contribution in [2.75, 3.05) is 7.05 Å². The van der Waals surface area contributed by atoms with Gasteiger partial charge in [0.15, 0.2) is 0 Å². The van der Waals surface area contributed by atoms with Crippen molar-refractivity contribution in [3.63, 3.8) is 0 Å². The van der Waals surface area contributed by atoms with Crippen molar-refractivity contribution in [1.82, 2.24) is 4.90 Å². The van der Waals surface area contributed by atoms with Gasteiger partial charge in [-0.3, -0.25) is 4.79 Å². The van der Waals surface area contributed by atoms with Crippen LogP contribution in [-0.4, -0.2) is 17.9 Å². The molecule has 5 heteroatoms. The molecule has 2 rings (SSSR count). The maximum absolute atomic E-state index is 12.1. The molecule has 1 amide bonds. The summed E-state index contributed by atoms with van der Waals surface area (Å²) in [7, 11) is 1.76. The smallest absolute Gasteiger partial charge is 0.263 e. The van der Waals surface area contributed by atoms with Gasteiger partial charge >= 0.3 is 0 Å². The van der Waals surface area contributed by atoms with Gasteiger partial charge in [-0.25, -0.2) is 0 Å². The highest BCUT2D eigenvalue weighted by atomic mass is 35.5. The van der Waals surface area contributed by atoms with E-state index in [1.54, 1.807) is 18.0 Å². The molecule has 0 atom stereocenters. The number of nitrogens with zero attached hydrogens (tertiary/aromatic N) is 1. The number of amides is 1. The Labute approximate surface area is 120 Å². The number of hydrogen-bond donors (Lipinski definition) is 0. The predicted molar refractivity (Wildman–Crippen MR) is 76.6 cm³/mol. The molecular formula is C13H11Cl2NOS. The summed E-state index contributed by atoms with van der Waals surface area (Å²) < 4.78 is 0. The van der Waals surface area contributed by atoms with Crippen LogP contribution in [0.4, 0.5) is 0 Å². The van der Waals surface area contributed by atoms with Crippen molar-refractivity contribution >= 4 is 40.4 Å². The van der Waals surface area contributed by atoms with Gasteiger partial charge in [0.2, 0.25) is 0 Å². The van der Waals surface area contributed by atoms with Gasteiger partial charge < -0.3 is 4.90 Å². The minimum absolute atomic E-state index is 0.00102. The van der Waals surface area contributed by atoms with Crippen molar-refractivity contribution in [2.24, 2.45) is 0 Å². The van der Waals surface area contributed by atoms with Crippen molar-refractivity contribution < 1.29 is 4.79 Å². The molecule has 0 bridgehead atoms. The van der Waals surface area contributed by atoms with E-state index in [9.17, 15) is 4.79 Å². The van der Waals surface area contributed by atoms with Gasteiger partial charge in [-0.2, -0.15) is 0 Å². The first-order valence-electron chi connectivity index (χ1n) is 5.30. The van der Waals surface area contributed by atoms with Crippen LogP contribution in [0, 0.1) is 0 Å². The fourth-order valence-electron chi connectivity index (χ4n) is 1.64. The molecule has 0 N–H and O–H groups in total. The summed E-state index contributed by atoms with van der Waals surface area (Å²) in [6.07, 6.45) is 0. The molecule has 94 valence electrons. The molecule has 18 heavy (non-hydrogen) atoms. The number of hydrogen-bond acceptors (Lipinski definition) is 2. The van der Waals surface area contributed by atoms with E-state index in [0.717, 1.165) is 10.4 Å². The van der Waals surface area contributed by atoms with Gasteiger partial charge in [0.05, 0.1) is 4.88 Å². The molecule has 0 radical (unpaired) electrons. The molecule has 0 saturated heterocycles. The van der Waals surface area contributed by atoms with Gasteiger partial charge in [0.1, 0.15) is 0 Å². The van der Waals surface area contributed by atoms with Gasteiger partial charge in [-0.15, -0.1) is 11.3 Å². The Morgan fingerprint density at radius 1 is 1.28 bits per heavy atom. The molecule has 0 saturated carbocycles. The average Bonchev–Trinajstić information content (AvgIpc) is 2.79. The van der Waals surface area contributed by atoms with Crippen LogP contribution in [0.5, 0.6) is 0 Å². The first-order valence-corrected chi connectivity index (χ1v) is 6.94. The van der Waals surface area contributed by atoms with Crippen LogP contribution >= 0.6 is 34.5 Å². The summed E-state index contributed by atoms with van der Waals surface area (Å²) >= 11 is 13.3. The zero-order valence-corrected chi connectivity index (χ0v) is 12.0. The SMILES string of the molecule is CN(Cc1cc(Cl)cc(Cl)c1)C(=O)c1cccs1. The minimum atomic E-state index is 0.00102. The highest BCUT2D eigenvalue weighted by Crippen LogP contribution is 2.20. The Kier molecular flexibility index (Phi) is 4.27. The highest BCUT2D eigenvalue weighted by molar-refractivity contribution is 7.12. The quantitative estimate of drug-likeness (QED) is 0.826. The van der Waals surface area contributed by atoms with Gasteiger partial charge in [0, 0.05) is 23.6 Å². The molecule has 0 aliphatic heterocycles. The van der Waals surface area contributed by atoms with Crippen LogP contribution in [-0.2, 0) is 6.54 Å². The van der Waals surface area contributed by atoms with Gasteiger partial charge in [0.25, 0.3) is 5.91 Å². The van der Waals surface area contributed by atoms with E-state index in [2.05, 4.69) is 0 Å². The van der Waals surface area contributed by atoms with Gasteiger partial charge in [-0.1, -0.05) is 29.3 Å². The van der Waals surface area contributed by atoms with Crippen LogP contribution < -0.4 is 0 Å². The van der Waals surface area contributed by atoms with Crippen molar-refractivity contribution in [1.29, 1.82) is 0 Å². The zero-order valence-electron chi connectivity index (χ0n) is 9.69. The molecule has 0 aliphatic carbocycles.